The molecule has 1 saturated carbocycles. The summed E-state index contributed by atoms with van der Waals surface area (Å²) < 4.78 is 5.96. The Morgan fingerprint density at radius 1 is 1.25 bits per heavy atom. The lowest BCUT2D eigenvalue weighted by molar-refractivity contribution is 0.304. The Labute approximate surface area is 123 Å². The Kier molecular flexibility index (Phi) is 5.47. The Morgan fingerprint density at radius 3 is 2.80 bits per heavy atom. The highest BCUT2D eigenvalue weighted by molar-refractivity contribution is 5.40. The number of ether oxygens (including phenoxy) is 1. The van der Waals surface area contributed by atoms with Crippen molar-refractivity contribution < 1.29 is 4.74 Å². The van der Waals surface area contributed by atoms with Gasteiger partial charge in [0.05, 0.1) is 6.61 Å². The monoisotopic (exact) mass is 275 g/mol. The summed E-state index contributed by atoms with van der Waals surface area (Å²) in [5.74, 6) is 1.09. The van der Waals surface area contributed by atoms with Crippen molar-refractivity contribution in [3.8, 4) is 5.75 Å². The van der Waals surface area contributed by atoms with E-state index in [2.05, 4.69) is 50.4 Å². The molecule has 1 N–H and O–H groups in total. The quantitative estimate of drug-likeness (QED) is 0.801. The highest BCUT2D eigenvalue weighted by Crippen LogP contribution is 2.44. The lowest BCUT2D eigenvalue weighted by Gasteiger charge is -2.27. The van der Waals surface area contributed by atoms with Crippen LogP contribution in [0.25, 0.3) is 0 Å². The first-order valence-electron chi connectivity index (χ1n) is 8.15. The van der Waals surface area contributed by atoms with Gasteiger partial charge in [-0.2, -0.15) is 0 Å². The lowest BCUT2D eigenvalue weighted by atomic mass is 9.80. The fourth-order valence-electron chi connectivity index (χ4n) is 3.31. The van der Waals surface area contributed by atoms with E-state index in [0.717, 1.165) is 25.3 Å². The lowest BCUT2D eigenvalue weighted by Crippen LogP contribution is -2.29. The van der Waals surface area contributed by atoms with E-state index in [9.17, 15) is 0 Å². The third-order valence-corrected chi connectivity index (χ3v) is 4.42. The average Bonchev–Trinajstić information content (AvgIpc) is 2.86. The van der Waals surface area contributed by atoms with Gasteiger partial charge in [0.25, 0.3) is 0 Å². The molecule has 2 rings (SSSR count). The molecule has 1 aromatic carbocycles. The second-order valence-electron chi connectivity index (χ2n) is 6.30. The first-order chi connectivity index (χ1) is 9.69. The molecule has 0 aliphatic heterocycles. The molecule has 20 heavy (non-hydrogen) atoms. The van der Waals surface area contributed by atoms with Crippen molar-refractivity contribution in [2.75, 3.05) is 13.2 Å². The van der Waals surface area contributed by atoms with Crippen LogP contribution in [-0.4, -0.2) is 19.2 Å². The van der Waals surface area contributed by atoms with Crippen LogP contribution in [0.15, 0.2) is 24.3 Å². The van der Waals surface area contributed by atoms with Crippen LogP contribution in [0.2, 0.25) is 0 Å². The molecule has 1 aliphatic carbocycles. The van der Waals surface area contributed by atoms with Gasteiger partial charge in [-0.1, -0.05) is 39.0 Å². The Balaban J connectivity index is 2.10. The fourth-order valence-corrected chi connectivity index (χ4v) is 3.31. The van der Waals surface area contributed by atoms with E-state index in [0.29, 0.717) is 6.04 Å². The van der Waals surface area contributed by atoms with Crippen molar-refractivity contribution in [1.82, 2.24) is 5.32 Å². The first-order valence-corrected chi connectivity index (χ1v) is 8.15. The molecule has 1 fully saturated rings. The largest absolute Gasteiger partial charge is 0.493 e. The molecule has 112 valence electrons. The van der Waals surface area contributed by atoms with Crippen molar-refractivity contribution in [1.29, 1.82) is 0 Å². The van der Waals surface area contributed by atoms with E-state index < -0.39 is 0 Å². The van der Waals surface area contributed by atoms with Crippen LogP contribution in [0.3, 0.4) is 0 Å². The smallest absolute Gasteiger partial charge is 0.123 e. The summed E-state index contributed by atoms with van der Waals surface area (Å²) in [6, 6.07) is 9.28. The number of hydrogen-bond acceptors (Lipinski definition) is 2. The van der Waals surface area contributed by atoms with Gasteiger partial charge in [0, 0.05) is 11.6 Å². The predicted octanol–water partition coefficient (Wildman–Crippen LogP) is 4.29. The van der Waals surface area contributed by atoms with Crippen LogP contribution >= 0.6 is 0 Å². The zero-order chi connectivity index (χ0) is 14.4. The zero-order valence-electron chi connectivity index (χ0n) is 13.2. The summed E-state index contributed by atoms with van der Waals surface area (Å²) in [5, 5.41) is 3.68. The minimum Gasteiger partial charge on any atom is -0.493 e. The van der Waals surface area contributed by atoms with Crippen molar-refractivity contribution in [2.24, 2.45) is 0 Å². The molecule has 1 aliphatic rings. The molecule has 0 saturated heterocycles. The molecular weight excluding hydrogens is 246 g/mol. The Hall–Kier alpha value is -1.02. The van der Waals surface area contributed by atoms with Gasteiger partial charge >= 0.3 is 0 Å². The zero-order valence-corrected chi connectivity index (χ0v) is 13.2. The number of para-hydroxylation sites is 1. The van der Waals surface area contributed by atoms with Gasteiger partial charge < -0.3 is 10.1 Å². The third kappa shape index (κ3) is 3.54. The number of benzene rings is 1. The maximum Gasteiger partial charge on any atom is 0.123 e. The van der Waals surface area contributed by atoms with E-state index in [1.54, 1.807) is 0 Å². The molecule has 0 spiro atoms. The molecule has 2 nitrogen and oxygen atoms in total. The van der Waals surface area contributed by atoms with E-state index in [1.165, 1.54) is 31.2 Å². The Bertz CT molecular complexity index is 418. The Morgan fingerprint density at radius 2 is 2.05 bits per heavy atom. The van der Waals surface area contributed by atoms with E-state index >= 15 is 0 Å². The van der Waals surface area contributed by atoms with Gasteiger partial charge in [-0.15, -0.1) is 0 Å². The van der Waals surface area contributed by atoms with Gasteiger partial charge in [0.2, 0.25) is 0 Å². The predicted molar refractivity (Wildman–Crippen MR) is 85.5 cm³/mol. The molecule has 1 aromatic rings. The average molecular weight is 275 g/mol. The number of rotatable bonds is 7. The SMILES string of the molecule is CCCNC1CCC(C)(c2ccccc2OCCC)C1. The van der Waals surface area contributed by atoms with Crippen molar-refractivity contribution in [3.05, 3.63) is 29.8 Å². The van der Waals surface area contributed by atoms with Crippen molar-refractivity contribution in [3.63, 3.8) is 0 Å². The third-order valence-electron chi connectivity index (χ3n) is 4.42. The minimum atomic E-state index is 0.260. The standard InChI is InChI=1S/C18H29NO/c1-4-12-19-15-10-11-18(3,14-15)16-8-6-7-9-17(16)20-13-5-2/h6-9,15,19H,4-5,10-14H2,1-3H3. The van der Waals surface area contributed by atoms with Crippen LogP contribution in [0.4, 0.5) is 0 Å². The molecule has 2 unspecified atom stereocenters. The second kappa shape index (κ2) is 7.12. The van der Waals surface area contributed by atoms with E-state index in [1.807, 2.05) is 0 Å². The van der Waals surface area contributed by atoms with Crippen molar-refractivity contribution in [2.45, 2.75) is 64.3 Å². The summed E-state index contributed by atoms with van der Waals surface area (Å²) in [6.07, 6.45) is 6.02. The van der Waals surface area contributed by atoms with Gasteiger partial charge in [0.15, 0.2) is 0 Å². The van der Waals surface area contributed by atoms with Gasteiger partial charge in [-0.25, -0.2) is 0 Å². The van der Waals surface area contributed by atoms with Crippen LogP contribution in [0.5, 0.6) is 5.75 Å². The second-order valence-corrected chi connectivity index (χ2v) is 6.30. The van der Waals surface area contributed by atoms with Crippen molar-refractivity contribution >= 4 is 0 Å². The summed E-state index contributed by atoms with van der Waals surface area (Å²) in [5.41, 5.74) is 1.66. The van der Waals surface area contributed by atoms with Gasteiger partial charge in [-0.05, 0) is 50.1 Å². The summed E-state index contributed by atoms with van der Waals surface area (Å²) >= 11 is 0. The number of nitrogens with one attached hydrogen (secondary N) is 1. The summed E-state index contributed by atoms with van der Waals surface area (Å²) in [7, 11) is 0. The molecule has 2 atom stereocenters. The van der Waals surface area contributed by atoms with Crippen LogP contribution in [0.1, 0.15) is 58.4 Å². The summed E-state index contributed by atoms with van der Waals surface area (Å²) in [6.45, 7) is 8.73. The van der Waals surface area contributed by atoms with Gasteiger partial charge in [0.1, 0.15) is 5.75 Å². The van der Waals surface area contributed by atoms with Gasteiger partial charge in [-0.3, -0.25) is 0 Å². The molecule has 2 heteroatoms. The molecular formula is C18H29NO. The fraction of sp³-hybridized carbons (Fsp3) is 0.667. The molecule has 0 heterocycles. The van der Waals surface area contributed by atoms with Crippen LogP contribution in [0, 0.1) is 0 Å². The minimum absolute atomic E-state index is 0.260. The normalized spacial score (nSPS) is 25.9. The maximum absolute atomic E-state index is 5.96. The molecule has 0 amide bonds. The highest BCUT2D eigenvalue weighted by atomic mass is 16.5. The number of hydrogen-bond donors (Lipinski definition) is 1. The molecule has 0 aromatic heterocycles. The molecule has 0 bridgehead atoms. The highest BCUT2D eigenvalue weighted by Gasteiger charge is 2.37. The van der Waals surface area contributed by atoms with E-state index in [-0.39, 0.29) is 5.41 Å². The topological polar surface area (TPSA) is 21.3 Å². The van der Waals surface area contributed by atoms with E-state index in [4.69, 9.17) is 4.74 Å². The maximum atomic E-state index is 5.96. The van der Waals surface area contributed by atoms with Crippen LogP contribution in [-0.2, 0) is 5.41 Å². The molecule has 0 radical (unpaired) electrons. The van der Waals surface area contributed by atoms with Crippen LogP contribution < -0.4 is 10.1 Å². The first kappa shape index (κ1) is 15.4. The summed E-state index contributed by atoms with van der Waals surface area (Å²) in [4.78, 5) is 0.